The van der Waals surface area contributed by atoms with Crippen molar-refractivity contribution >= 4 is 5.69 Å². The summed E-state index contributed by atoms with van der Waals surface area (Å²) in [5, 5.41) is 9.77. The predicted octanol–water partition coefficient (Wildman–Crippen LogP) is 2.61. The zero-order valence-corrected chi connectivity index (χ0v) is 10.2. The highest BCUT2D eigenvalue weighted by Crippen LogP contribution is 2.27. The summed E-state index contributed by atoms with van der Waals surface area (Å²) in [4.78, 5) is 0. The SMILES string of the molecule is Nc1ccc(O)c(C(N)CCc2ccccc2)c1. The number of aryl methyl sites for hydroxylation is 1. The first kappa shape index (κ1) is 12.5. The summed E-state index contributed by atoms with van der Waals surface area (Å²) in [6, 6.07) is 15.0. The molecule has 0 saturated carbocycles. The van der Waals surface area contributed by atoms with Crippen LogP contribution in [0.1, 0.15) is 23.6 Å². The lowest BCUT2D eigenvalue weighted by Crippen LogP contribution is -2.12. The highest BCUT2D eigenvalue weighted by Gasteiger charge is 2.11. The average Bonchev–Trinajstić information content (AvgIpc) is 2.40. The topological polar surface area (TPSA) is 72.3 Å². The molecule has 0 heterocycles. The van der Waals surface area contributed by atoms with Crippen LogP contribution in [0.15, 0.2) is 48.5 Å². The molecule has 0 bridgehead atoms. The maximum Gasteiger partial charge on any atom is 0.120 e. The van der Waals surface area contributed by atoms with Crippen LogP contribution in [0, 0.1) is 0 Å². The van der Waals surface area contributed by atoms with Crippen LogP contribution in [0.3, 0.4) is 0 Å². The Hall–Kier alpha value is -2.00. The van der Waals surface area contributed by atoms with Crippen molar-refractivity contribution in [2.75, 3.05) is 5.73 Å². The van der Waals surface area contributed by atoms with Crippen molar-refractivity contribution in [1.82, 2.24) is 0 Å². The molecule has 0 radical (unpaired) electrons. The van der Waals surface area contributed by atoms with Crippen molar-refractivity contribution in [1.29, 1.82) is 0 Å². The van der Waals surface area contributed by atoms with Crippen molar-refractivity contribution in [3.05, 3.63) is 59.7 Å². The second-order valence-corrected chi connectivity index (χ2v) is 4.45. The van der Waals surface area contributed by atoms with E-state index in [4.69, 9.17) is 11.5 Å². The molecule has 0 aliphatic heterocycles. The summed E-state index contributed by atoms with van der Waals surface area (Å²) in [6.45, 7) is 0. The number of nitrogens with two attached hydrogens (primary N) is 2. The van der Waals surface area contributed by atoms with Crippen LogP contribution < -0.4 is 11.5 Å². The molecule has 0 aliphatic carbocycles. The number of hydrogen-bond donors (Lipinski definition) is 3. The molecule has 18 heavy (non-hydrogen) atoms. The predicted molar refractivity (Wildman–Crippen MR) is 74.2 cm³/mol. The highest BCUT2D eigenvalue weighted by molar-refractivity contribution is 5.48. The molecule has 0 amide bonds. The van der Waals surface area contributed by atoms with Crippen LogP contribution in [0.2, 0.25) is 0 Å². The maximum atomic E-state index is 9.77. The van der Waals surface area contributed by atoms with Gasteiger partial charge in [-0.15, -0.1) is 0 Å². The van der Waals surface area contributed by atoms with Gasteiger partial charge in [0.2, 0.25) is 0 Å². The van der Waals surface area contributed by atoms with Crippen LogP contribution in [0.5, 0.6) is 5.75 Å². The minimum absolute atomic E-state index is 0.200. The quantitative estimate of drug-likeness (QED) is 0.570. The second-order valence-electron chi connectivity index (χ2n) is 4.45. The van der Waals surface area contributed by atoms with E-state index in [1.165, 1.54) is 5.56 Å². The first-order valence-corrected chi connectivity index (χ1v) is 6.04. The Kier molecular flexibility index (Phi) is 3.85. The molecule has 0 spiro atoms. The number of anilines is 1. The summed E-state index contributed by atoms with van der Waals surface area (Å²) in [7, 11) is 0. The third-order valence-electron chi connectivity index (χ3n) is 3.04. The Balaban J connectivity index is 2.03. The Morgan fingerprint density at radius 1 is 1.06 bits per heavy atom. The van der Waals surface area contributed by atoms with Gasteiger partial charge in [-0.2, -0.15) is 0 Å². The fourth-order valence-electron chi connectivity index (χ4n) is 1.99. The molecule has 0 fully saturated rings. The number of phenolic OH excluding ortho intramolecular Hbond substituents is 1. The molecule has 2 aromatic carbocycles. The van der Waals surface area contributed by atoms with E-state index in [0.717, 1.165) is 12.8 Å². The first-order chi connectivity index (χ1) is 8.66. The van der Waals surface area contributed by atoms with Crippen LogP contribution in [-0.2, 0) is 6.42 Å². The van der Waals surface area contributed by atoms with E-state index in [9.17, 15) is 5.11 Å². The summed E-state index contributed by atoms with van der Waals surface area (Å²) >= 11 is 0. The molecular weight excluding hydrogens is 224 g/mol. The standard InChI is InChI=1S/C15H18N2O/c16-12-7-9-15(18)13(10-12)14(17)8-6-11-4-2-1-3-5-11/h1-5,7,9-10,14,18H,6,8,16-17H2. The third kappa shape index (κ3) is 3.02. The summed E-state index contributed by atoms with van der Waals surface area (Å²) in [5.41, 5.74) is 14.4. The number of aromatic hydroxyl groups is 1. The Morgan fingerprint density at radius 2 is 1.78 bits per heavy atom. The van der Waals surface area contributed by atoms with E-state index in [0.29, 0.717) is 11.3 Å². The molecule has 0 aliphatic rings. The van der Waals surface area contributed by atoms with Crippen LogP contribution in [-0.4, -0.2) is 5.11 Å². The van der Waals surface area contributed by atoms with Gasteiger partial charge in [-0.05, 0) is 36.6 Å². The van der Waals surface area contributed by atoms with Crippen molar-refractivity contribution < 1.29 is 5.11 Å². The van der Waals surface area contributed by atoms with Crippen molar-refractivity contribution in [3.8, 4) is 5.75 Å². The van der Waals surface area contributed by atoms with Gasteiger partial charge in [0, 0.05) is 17.3 Å². The fraction of sp³-hybridized carbons (Fsp3) is 0.200. The van der Waals surface area contributed by atoms with Gasteiger partial charge in [-0.25, -0.2) is 0 Å². The van der Waals surface area contributed by atoms with Gasteiger partial charge in [0.1, 0.15) is 5.75 Å². The van der Waals surface area contributed by atoms with Gasteiger partial charge in [0.15, 0.2) is 0 Å². The monoisotopic (exact) mass is 242 g/mol. The van der Waals surface area contributed by atoms with Gasteiger partial charge in [-0.3, -0.25) is 0 Å². The largest absolute Gasteiger partial charge is 0.508 e. The smallest absolute Gasteiger partial charge is 0.120 e. The van der Waals surface area contributed by atoms with E-state index in [-0.39, 0.29) is 11.8 Å². The van der Waals surface area contributed by atoms with Crippen molar-refractivity contribution in [3.63, 3.8) is 0 Å². The summed E-state index contributed by atoms with van der Waals surface area (Å²) in [5.74, 6) is 0.213. The highest BCUT2D eigenvalue weighted by atomic mass is 16.3. The van der Waals surface area contributed by atoms with E-state index >= 15 is 0 Å². The molecular formula is C15H18N2O. The summed E-state index contributed by atoms with van der Waals surface area (Å²) in [6.07, 6.45) is 1.66. The molecule has 5 N–H and O–H groups in total. The average molecular weight is 242 g/mol. The number of phenols is 1. The second kappa shape index (κ2) is 5.56. The van der Waals surface area contributed by atoms with Gasteiger partial charge < -0.3 is 16.6 Å². The molecule has 1 atom stereocenters. The molecule has 0 saturated heterocycles. The van der Waals surface area contributed by atoms with Gasteiger partial charge >= 0.3 is 0 Å². The fourth-order valence-corrected chi connectivity index (χ4v) is 1.99. The zero-order valence-electron chi connectivity index (χ0n) is 10.2. The molecule has 1 unspecified atom stereocenters. The van der Waals surface area contributed by atoms with Crippen LogP contribution in [0.25, 0.3) is 0 Å². The molecule has 3 nitrogen and oxygen atoms in total. The summed E-state index contributed by atoms with van der Waals surface area (Å²) < 4.78 is 0. The number of rotatable bonds is 4. The molecule has 0 aromatic heterocycles. The van der Waals surface area contributed by atoms with Crippen molar-refractivity contribution in [2.45, 2.75) is 18.9 Å². The minimum atomic E-state index is -0.200. The normalized spacial score (nSPS) is 12.3. The van der Waals surface area contributed by atoms with E-state index in [2.05, 4.69) is 12.1 Å². The Morgan fingerprint density at radius 3 is 2.50 bits per heavy atom. The number of benzene rings is 2. The Labute approximate surface area is 107 Å². The number of hydrogen-bond acceptors (Lipinski definition) is 3. The zero-order chi connectivity index (χ0) is 13.0. The van der Waals surface area contributed by atoms with E-state index in [1.54, 1.807) is 18.2 Å². The maximum absolute atomic E-state index is 9.77. The molecule has 3 heteroatoms. The van der Waals surface area contributed by atoms with Gasteiger partial charge in [-0.1, -0.05) is 30.3 Å². The van der Waals surface area contributed by atoms with Gasteiger partial charge in [0.05, 0.1) is 0 Å². The minimum Gasteiger partial charge on any atom is -0.508 e. The Bertz CT molecular complexity index is 511. The van der Waals surface area contributed by atoms with Crippen LogP contribution in [0.4, 0.5) is 5.69 Å². The van der Waals surface area contributed by atoms with E-state index < -0.39 is 0 Å². The van der Waals surface area contributed by atoms with Crippen molar-refractivity contribution in [2.24, 2.45) is 5.73 Å². The van der Waals surface area contributed by atoms with E-state index in [1.807, 2.05) is 18.2 Å². The number of nitrogen functional groups attached to an aromatic ring is 1. The van der Waals surface area contributed by atoms with Crippen LogP contribution >= 0.6 is 0 Å². The lowest BCUT2D eigenvalue weighted by atomic mass is 9.98. The lowest BCUT2D eigenvalue weighted by Gasteiger charge is -2.14. The lowest BCUT2D eigenvalue weighted by molar-refractivity contribution is 0.458. The first-order valence-electron chi connectivity index (χ1n) is 6.04. The molecule has 2 aromatic rings. The molecule has 94 valence electrons. The third-order valence-corrected chi connectivity index (χ3v) is 3.04. The van der Waals surface area contributed by atoms with Gasteiger partial charge in [0.25, 0.3) is 0 Å². The molecule has 2 rings (SSSR count).